The highest BCUT2D eigenvalue weighted by Crippen LogP contribution is 2.25. The lowest BCUT2D eigenvalue weighted by molar-refractivity contribution is -0.274. The molecule has 0 aliphatic carbocycles. The highest BCUT2D eigenvalue weighted by Gasteiger charge is 2.30. The summed E-state index contributed by atoms with van der Waals surface area (Å²) in [7, 11) is 0. The molecule has 1 aromatic carbocycles. The summed E-state index contributed by atoms with van der Waals surface area (Å²) in [5.41, 5.74) is 1.36. The number of halogens is 3. The third kappa shape index (κ3) is 3.19. The SMILES string of the molecule is Cc1nccc(-c2ccc(OC(F)(F)F)cc2)n1. The standard InChI is InChI=1S/C12H9F3N2O/c1-8-16-7-6-11(17-8)9-2-4-10(5-3-9)18-12(13,14)15/h2-7H,1H3. The fourth-order valence-electron chi connectivity index (χ4n) is 1.44. The van der Waals surface area contributed by atoms with Crippen molar-refractivity contribution in [2.45, 2.75) is 13.3 Å². The van der Waals surface area contributed by atoms with Crippen LogP contribution in [0.1, 0.15) is 5.82 Å². The lowest BCUT2D eigenvalue weighted by atomic mass is 10.1. The minimum atomic E-state index is -4.67. The number of aromatic nitrogens is 2. The van der Waals surface area contributed by atoms with Crippen LogP contribution in [-0.4, -0.2) is 16.3 Å². The molecule has 0 bridgehead atoms. The van der Waals surface area contributed by atoms with E-state index in [1.54, 1.807) is 19.2 Å². The Morgan fingerprint density at radius 3 is 2.28 bits per heavy atom. The number of benzene rings is 1. The van der Waals surface area contributed by atoms with Crippen LogP contribution in [0.2, 0.25) is 0 Å². The molecule has 2 aromatic rings. The van der Waals surface area contributed by atoms with Gasteiger partial charge in [-0.3, -0.25) is 0 Å². The second-order valence-electron chi connectivity index (χ2n) is 3.56. The maximum Gasteiger partial charge on any atom is 0.573 e. The van der Waals surface area contributed by atoms with E-state index in [1.165, 1.54) is 24.3 Å². The number of alkyl halides is 3. The normalized spacial score (nSPS) is 11.3. The molecular formula is C12H9F3N2O. The molecule has 1 aromatic heterocycles. The van der Waals surface area contributed by atoms with Gasteiger partial charge in [0.25, 0.3) is 0 Å². The number of hydrogen-bond acceptors (Lipinski definition) is 3. The molecule has 0 N–H and O–H groups in total. The Hall–Kier alpha value is -2.11. The van der Waals surface area contributed by atoms with Crippen LogP contribution in [0, 0.1) is 6.92 Å². The van der Waals surface area contributed by atoms with Crippen molar-refractivity contribution >= 4 is 0 Å². The molecular weight excluding hydrogens is 245 g/mol. The molecule has 0 saturated heterocycles. The molecule has 0 saturated carbocycles. The van der Waals surface area contributed by atoms with Crippen molar-refractivity contribution in [2.75, 3.05) is 0 Å². The van der Waals surface area contributed by atoms with Gasteiger partial charge in [0, 0.05) is 11.8 Å². The van der Waals surface area contributed by atoms with Crippen LogP contribution >= 0.6 is 0 Å². The Balaban J connectivity index is 2.22. The zero-order valence-corrected chi connectivity index (χ0v) is 9.40. The van der Waals surface area contributed by atoms with E-state index in [2.05, 4.69) is 14.7 Å². The third-order valence-corrected chi connectivity index (χ3v) is 2.16. The molecule has 2 rings (SSSR count). The molecule has 1 heterocycles. The number of aryl methyl sites for hydroxylation is 1. The molecule has 0 radical (unpaired) electrons. The second-order valence-corrected chi connectivity index (χ2v) is 3.56. The van der Waals surface area contributed by atoms with Crippen molar-refractivity contribution in [3.8, 4) is 17.0 Å². The van der Waals surface area contributed by atoms with Gasteiger partial charge in [0.1, 0.15) is 11.6 Å². The topological polar surface area (TPSA) is 35.0 Å². The average Bonchev–Trinajstić information content (AvgIpc) is 2.28. The largest absolute Gasteiger partial charge is 0.573 e. The number of rotatable bonds is 2. The Morgan fingerprint density at radius 1 is 1.06 bits per heavy atom. The fraction of sp³-hybridized carbons (Fsp3) is 0.167. The smallest absolute Gasteiger partial charge is 0.406 e. The van der Waals surface area contributed by atoms with Crippen LogP contribution in [0.4, 0.5) is 13.2 Å². The summed E-state index contributed by atoms with van der Waals surface area (Å²) in [6.07, 6.45) is -3.08. The Bertz CT molecular complexity index is 538. The van der Waals surface area contributed by atoms with E-state index in [0.29, 0.717) is 17.1 Å². The van der Waals surface area contributed by atoms with Gasteiger partial charge in [0.15, 0.2) is 0 Å². The predicted octanol–water partition coefficient (Wildman–Crippen LogP) is 3.35. The van der Waals surface area contributed by atoms with Crippen LogP contribution in [0.5, 0.6) is 5.75 Å². The van der Waals surface area contributed by atoms with E-state index in [4.69, 9.17) is 0 Å². The fourth-order valence-corrected chi connectivity index (χ4v) is 1.44. The molecule has 0 amide bonds. The van der Waals surface area contributed by atoms with Crippen LogP contribution in [0.3, 0.4) is 0 Å². The van der Waals surface area contributed by atoms with E-state index in [-0.39, 0.29) is 5.75 Å². The van der Waals surface area contributed by atoms with Crippen molar-refractivity contribution in [1.82, 2.24) is 9.97 Å². The first kappa shape index (κ1) is 12.3. The summed E-state index contributed by atoms with van der Waals surface area (Å²) in [5.74, 6) is 0.347. The average molecular weight is 254 g/mol. The van der Waals surface area contributed by atoms with Crippen molar-refractivity contribution in [3.63, 3.8) is 0 Å². The summed E-state index contributed by atoms with van der Waals surface area (Å²) in [6, 6.07) is 7.22. The molecule has 0 unspecified atom stereocenters. The monoisotopic (exact) mass is 254 g/mol. The molecule has 6 heteroatoms. The number of nitrogens with zero attached hydrogens (tertiary/aromatic N) is 2. The lowest BCUT2D eigenvalue weighted by Gasteiger charge is -2.09. The predicted molar refractivity (Wildman–Crippen MR) is 58.9 cm³/mol. The van der Waals surface area contributed by atoms with Gasteiger partial charge in [-0.2, -0.15) is 0 Å². The van der Waals surface area contributed by atoms with Crippen molar-refractivity contribution in [3.05, 3.63) is 42.4 Å². The lowest BCUT2D eigenvalue weighted by Crippen LogP contribution is -2.16. The van der Waals surface area contributed by atoms with Gasteiger partial charge in [0.2, 0.25) is 0 Å². The first-order valence-corrected chi connectivity index (χ1v) is 5.10. The van der Waals surface area contributed by atoms with Crippen LogP contribution in [0.25, 0.3) is 11.3 Å². The maximum atomic E-state index is 12.0. The Morgan fingerprint density at radius 2 is 1.72 bits per heavy atom. The van der Waals surface area contributed by atoms with E-state index in [0.717, 1.165) is 0 Å². The zero-order valence-electron chi connectivity index (χ0n) is 9.40. The van der Waals surface area contributed by atoms with Crippen molar-refractivity contribution in [1.29, 1.82) is 0 Å². The number of hydrogen-bond donors (Lipinski definition) is 0. The van der Waals surface area contributed by atoms with E-state index < -0.39 is 6.36 Å². The highest BCUT2D eigenvalue weighted by atomic mass is 19.4. The molecule has 0 fully saturated rings. The molecule has 3 nitrogen and oxygen atoms in total. The first-order chi connectivity index (χ1) is 8.44. The quantitative estimate of drug-likeness (QED) is 0.824. The Kier molecular flexibility index (Phi) is 3.18. The Labute approximate surface area is 101 Å². The molecule has 94 valence electrons. The van der Waals surface area contributed by atoms with E-state index in [1.807, 2.05) is 0 Å². The van der Waals surface area contributed by atoms with Gasteiger partial charge in [0.05, 0.1) is 5.69 Å². The van der Waals surface area contributed by atoms with Crippen LogP contribution < -0.4 is 4.74 Å². The van der Waals surface area contributed by atoms with E-state index >= 15 is 0 Å². The van der Waals surface area contributed by atoms with Gasteiger partial charge in [-0.05, 0) is 37.3 Å². The maximum absolute atomic E-state index is 12.0. The first-order valence-electron chi connectivity index (χ1n) is 5.10. The molecule has 0 atom stereocenters. The van der Waals surface area contributed by atoms with Crippen molar-refractivity contribution < 1.29 is 17.9 Å². The van der Waals surface area contributed by atoms with Crippen LogP contribution in [0.15, 0.2) is 36.5 Å². The van der Waals surface area contributed by atoms with Crippen LogP contribution in [-0.2, 0) is 0 Å². The molecule has 0 aliphatic heterocycles. The summed E-state index contributed by atoms with van der Waals surface area (Å²) < 4.78 is 39.7. The van der Waals surface area contributed by atoms with Crippen molar-refractivity contribution in [2.24, 2.45) is 0 Å². The highest BCUT2D eigenvalue weighted by molar-refractivity contribution is 5.59. The summed E-state index contributed by atoms with van der Waals surface area (Å²) in [5, 5.41) is 0. The summed E-state index contributed by atoms with van der Waals surface area (Å²) in [6.45, 7) is 1.74. The van der Waals surface area contributed by atoms with E-state index in [9.17, 15) is 13.2 Å². The van der Waals surface area contributed by atoms with Gasteiger partial charge in [-0.25, -0.2) is 9.97 Å². The second kappa shape index (κ2) is 4.64. The van der Waals surface area contributed by atoms with Gasteiger partial charge >= 0.3 is 6.36 Å². The van der Waals surface area contributed by atoms with Gasteiger partial charge < -0.3 is 4.74 Å². The minimum Gasteiger partial charge on any atom is -0.406 e. The summed E-state index contributed by atoms with van der Waals surface area (Å²) >= 11 is 0. The molecule has 18 heavy (non-hydrogen) atoms. The number of ether oxygens (including phenoxy) is 1. The molecule has 0 aliphatic rings. The van der Waals surface area contributed by atoms with Gasteiger partial charge in [-0.1, -0.05) is 0 Å². The zero-order chi connectivity index (χ0) is 13.2. The summed E-state index contributed by atoms with van der Waals surface area (Å²) in [4.78, 5) is 8.12. The minimum absolute atomic E-state index is 0.253. The van der Waals surface area contributed by atoms with Gasteiger partial charge in [-0.15, -0.1) is 13.2 Å². The molecule has 0 spiro atoms. The third-order valence-electron chi connectivity index (χ3n) is 2.16.